The van der Waals surface area contributed by atoms with E-state index in [1.165, 1.54) is 6.07 Å². The number of hydrogen-bond donors (Lipinski definition) is 1. The van der Waals surface area contributed by atoms with Crippen molar-refractivity contribution >= 4 is 23.4 Å². The second-order valence-electron chi connectivity index (χ2n) is 2.51. The van der Waals surface area contributed by atoms with E-state index >= 15 is 0 Å². The summed E-state index contributed by atoms with van der Waals surface area (Å²) in [6.07, 6.45) is 0.528. The molecular weight excluding hydrogens is 213 g/mol. The first-order valence-corrected chi connectivity index (χ1v) is 3.94. The monoisotopic (exact) mass is 217 g/mol. The van der Waals surface area contributed by atoms with Gasteiger partial charge in [0, 0.05) is 18.2 Å². The Morgan fingerprint density at radius 1 is 1.57 bits per heavy atom. The molecule has 1 N–H and O–H groups in total. The number of carboxylic acids is 1. The van der Waals surface area contributed by atoms with Gasteiger partial charge >= 0.3 is 5.97 Å². The first-order chi connectivity index (χ1) is 6.50. The highest BCUT2D eigenvalue weighted by molar-refractivity contribution is 6.33. The molecule has 1 aromatic rings. The molecule has 6 heteroatoms. The Bertz CT molecular complexity index is 394. The lowest BCUT2D eigenvalue weighted by atomic mass is 10.1. The van der Waals surface area contributed by atoms with Gasteiger partial charge in [-0.2, -0.15) is 4.39 Å². The van der Waals surface area contributed by atoms with E-state index in [2.05, 4.69) is 4.98 Å². The Kier molecular flexibility index (Phi) is 3.14. The zero-order chi connectivity index (χ0) is 10.7. The van der Waals surface area contributed by atoms with E-state index in [0.717, 1.165) is 6.20 Å². The summed E-state index contributed by atoms with van der Waals surface area (Å²) < 4.78 is 12.9. The Morgan fingerprint density at radius 2 is 2.21 bits per heavy atom. The molecule has 0 unspecified atom stereocenters. The van der Waals surface area contributed by atoms with E-state index in [9.17, 15) is 14.0 Å². The third-order valence-corrected chi connectivity index (χ3v) is 1.67. The van der Waals surface area contributed by atoms with Gasteiger partial charge < -0.3 is 5.11 Å². The fraction of sp³-hybridized carbons (Fsp3) is 0.125. The van der Waals surface area contributed by atoms with Crippen LogP contribution in [0.5, 0.6) is 0 Å². The van der Waals surface area contributed by atoms with Crippen LogP contribution >= 0.6 is 11.6 Å². The van der Waals surface area contributed by atoms with Crippen molar-refractivity contribution in [2.45, 2.75) is 6.42 Å². The molecule has 0 aromatic carbocycles. The predicted molar refractivity (Wildman–Crippen MR) is 45.6 cm³/mol. The van der Waals surface area contributed by atoms with Crippen molar-refractivity contribution in [1.82, 2.24) is 4.98 Å². The highest BCUT2D eigenvalue weighted by Gasteiger charge is 2.15. The van der Waals surface area contributed by atoms with Crippen LogP contribution in [-0.4, -0.2) is 21.8 Å². The number of halogens is 2. The van der Waals surface area contributed by atoms with E-state index in [4.69, 9.17) is 16.7 Å². The Morgan fingerprint density at radius 3 is 2.79 bits per heavy atom. The van der Waals surface area contributed by atoms with Gasteiger partial charge in [0.1, 0.15) is 0 Å². The van der Waals surface area contributed by atoms with Crippen molar-refractivity contribution < 1.29 is 19.1 Å². The third kappa shape index (κ3) is 2.50. The molecule has 0 amide bonds. The van der Waals surface area contributed by atoms with E-state index in [-0.39, 0.29) is 10.6 Å². The Hall–Kier alpha value is -1.49. The van der Waals surface area contributed by atoms with Crippen LogP contribution in [0.4, 0.5) is 4.39 Å². The summed E-state index contributed by atoms with van der Waals surface area (Å²) in [4.78, 5) is 24.2. The van der Waals surface area contributed by atoms with Gasteiger partial charge in [0.15, 0.2) is 0 Å². The van der Waals surface area contributed by atoms with Gasteiger partial charge in [-0.25, -0.2) is 9.78 Å². The lowest BCUT2D eigenvalue weighted by molar-refractivity contribution is -0.148. The minimum absolute atomic E-state index is 0.120. The quantitative estimate of drug-likeness (QED) is 0.608. The molecule has 14 heavy (non-hydrogen) atoms. The molecule has 0 aliphatic rings. The Balaban J connectivity index is 2.91. The van der Waals surface area contributed by atoms with Crippen molar-refractivity contribution in [2.75, 3.05) is 0 Å². The molecule has 0 atom stereocenters. The Labute approximate surface area is 83.3 Å². The SMILES string of the molecule is O=C(O)C(=O)Cc1cc(Cl)cnc1F. The molecular formula is C8H5ClFNO3. The number of pyridine rings is 1. The van der Waals surface area contributed by atoms with Gasteiger partial charge in [0.25, 0.3) is 0 Å². The van der Waals surface area contributed by atoms with Crippen molar-refractivity contribution in [3.63, 3.8) is 0 Å². The zero-order valence-electron chi connectivity index (χ0n) is 6.83. The van der Waals surface area contributed by atoms with Gasteiger partial charge in [0.05, 0.1) is 5.02 Å². The lowest BCUT2D eigenvalue weighted by Gasteiger charge is -1.99. The van der Waals surface area contributed by atoms with Gasteiger partial charge in [-0.3, -0.25) is 4.79 Å². The van der Waals surface area contributed by atoms with E-state index < -0.39 is 24.1 Å². The van der Waals surface area contributed by atoms with Gasteiger partial charge in [-0.05, 0) is 6.07 Å². The number of Topliss-reactive ketones (excluding diaryl/α,β-unsaturated/α-hetero) is 1. The first kappa shape index (κ1) is 10.6. The smallest absolute Gasteiger partial charge is 0.372 e. The number of nitrogens with zero attached hydrogens (tertiary/aromatic N) is 1. The largest absolute Gasteiger partial charge is 0.475 e. The minimum atomic E-state index is -1.61. The number of carbonyl (C=O) groups excluding carboxylic acids is 1. The summed E-state index contributed by atoms with van der Waals surface area (Å²) in [6.45, 7) is 0. The molecule has 0 fully saturated rings. The van der Waals surface area contributed by atoms with Crippen LogP contribution in [0.1, 0.15) is 5.56 Å². The molecule has 0 aliphatic carbocycles. The van der Waals surface area contributed by atoms with Gasteiger partial charge in [0.2, 0.25) is 11.7 Å². The van der Waals surface area contributed by atoms with E-state index in [1.807, 2.05) is 0 Å². The second-order valence-corrected chi connectivity index (χ2v) is 2.95. The van der Waals surface area contributed by atoms with Crippen LogP contribution in [0.15, 0.2) is 12.3 Å². The second kappa shape index (κ2) is 4.15. The molecule has 1 rings (SSSR count). The molecule has 0 saturated carbocycles. The normalized spacial score (nSPS) is 9.86. The molecule has 0 radical (unpaired) electrons. The summed E-state index contributed by atoms with van der Waals surface area (Å²) in [5, 5.41) is 8.43. The van der Waals surface area contributed by atoms with Gasteiger partial charge in [-0.15, -0.1) is 0 Å². The molecule has 1 heterocycles. The average molecular weight is 218 g/mol. The lowest BCUT2D eigenvalue weighted by Crippen LogP contribution is -2.16. The van der Waals surface area contributed by atoms with E-state index in [0.29, 0.717) is 0 Å². The van der Waals surface area contributed by atoms with Crippen LogP contribution in [0.25, 0.3) is 0 Å². The van der Waals surface area contributed by atoms with E-state index in [1.54, 1.807) is 0 Å². The maximum Gasteiger partial charge on any atom is 0.372 e. The maximum atomic E-state index is 12.9. The van der Waals surface area contributed by atoms with Crippen LogP contribution in [0, 0.1) is 5.95 Å². The van der Waals surface area contributed by atoms with Crippen molar-refractivity contribution in [2.24, 2.45) is 0 Å². The minimum Gasteiger partial charge on any atom is -0.475 e. The van der Waals surface area contributed by atoms with Gasteiger partial charge in [-0.1, -0.05) is 11.6 Å². The number of aromatic nitrogens is 1. The number of hydrogen-bond acceptors (Lipinski definition) is 3. The average Bonchev–Trinajstić information content (AvgIpc) is 2.11. The summed E-state index contributed by atoms with van der Waals surface area (Å²) in [5.41, 5.74) is -0.120. The molecule has 0 bridgehead atoms. The predicted octanol–water partition coefficient (Wildman–Crippen LogP) is 1.07. The first-order valence-electron chi connectivity index (χ1n) is 3.56. The molecule has 0 aliphatic heterocycles. The van der Waals surface area contributed by atoms with Crippen LogP contribution in [0.2, 0.25) is 5.02 Å². The fourth-order valence-corrected chi connectivity index (χ4v) is 1.02. The third-order valence-electron chi connectivity index (χ3n) is 1.47. The van der Waals surface area contributed by atoms with Crippen molar-refractivity contribution in [3.05, 3.63) is 28.8 Å². The topological polar surface area (TPSA) is 67.3 Å². The summed E-state index contributed by atoms with van der Waals surface area (Å²) in [5.74, 6) is -3.60. The van der Waals surface area contributed by atoms with Crippen LogP contribution in [-0.2, 0) is 16.0 Å². The van der Waals surface area contributed by atoms with Crippen LogP contribution in [0.3, 0.4) is 0 Å². The summed E-state index contributed by atoms with van der Waals surface area (Å²) >= 11 is 5.49. The van der Waals surface area contributed by atoms with Crippen LogP contribution < -0.4 is 0 Å². The highest BCUT2D eigenvalue weighted by Crippen LogP contribution is 2.12. The number of aliphatic carboxylic acids is 1. The molecule has 4 nitrogen and oxygen atoms in total. The summed E-state index contributed by atoms with van der Waals surface area (Å²) in [7, 11) is 0. The molecule has 0 saturated heterocycles. The van der Waals surface area contributed by atoms with Crippen molar-refractivity contribution in [3.8, 4) is 0 Å². The number of carbonyl (C=O) groups is 2. The zero-order valence-corrected chi connectivity index (χ0v) is 7.58. The number of rotatable bonds is 3. The molecule has 1 aromatic heterocycles. The standard InChI is InChI=1S/C8H5ClFNO3/c9-5-1-4(7(10)11-3-5)2-6(12)8(13)14/h1,3H,2H2,(H,13,14). The van der Waals surface area contributed by atoms with Crippen molar-refractivity contribution in [1.29, 1.82) is 0 Å². The molecule has 74 valence electrons. The molecule has 0 spiro atoms. The maximum absolute atomic E-state index is 12.9. The highest BCUT2D eigenvalue weighted by atomic mass is 35.5. The number of ketones is 1. The summed E-state index contributed by atoms with van der Waals surface area (Å²) in [6, 6.07) is 1.17. The number of carboxylic acid groups (broad SMARTS) is 1. The fourth-order valence-electron chi connectivity index (χ4n) is 0.837.